The van der Waals surface area contributed by atoms with Crippen molar-refractivity contribution in [2.24, 2.45) is 0 Å². The topological polar surface area (TPSA) is 46.2 Å². The van der Waals surface area contributed by atoms with Crippen LogP contribution in [-0.4, -0.2) is 26.0 Å². The van der Waals surface area contributed by atoms with Gasteiger partial charge in [0.05, 0.1) is 11.5 Å². The fraction of sp³-hybridized carbons (Fsp3) is 0.412. The summed E-state index contributed by atoms with van der Waals surface area (Å²) >= 11 is 0. The van der Waals surface area contributed by atoms with E-state index in [0.717, 1.165) is 12.8 Å². The lowest BCUT2D eigenvalue weighted by Crippen LogP contribution is -2.41. The summed E-state index contributed by atoms with van der Waals surface area (Å²) in [5, 5.41) is 5.93. The third-order valence-corrected chi connectivity index (χ3v) is 6.04. The lowest BCUT2D eigenvalue weighted by atomic mass is 10.0. The average Bonchev–Trinajstić information content (AvgIpc) is 2.45. The molecule has 0 radical (unpaired) electrons. The average molecular weight is 303 g/mol. The van der Waals surface area contributed by atoms with Gasteiger partial charge in [0.15, 0.2) is 9.84 Å². The van der Waals surface area contributed by atoms with E-state index in [9.17, 15) is 8.42 Å². The van der Waals surface area contributed by atoms with Crippen LogP contribution in [0.15, 0.2) is 42.5 Å². The zero-order chi connectivity index (χ0) is 14.9. The number of sulfone groups is 1. The maximum Gasteiger partial charge on any atom is 0.151 e. The van der Waals surface area contributed by atoms with Crippen LogP contribution in [0.3, 0.4) is 0 Å². The van der Waals surface area contributed by atoms with Gasteiger partial charge in [-0.3, -0.25) is 0 Å². The Morgan fingerprint density at radius 1 is 1.14 bits per heavy atom. The zero-order valence-corrected chi connectivity index (χ0v) is 13.1. The molecule has 0 aliphatic carbocycles. The Morgan fingerprint density at radius 2 is 1.90 bits per heavy atom. The first-order valence-electron chi connectivity index (χ1n) is 7.49. The van der Waals surface area contributed by atoms with E-state index in [1.807, 2.05) is 12.1 Å². The van der Waals surface area contributed by atoms with E-state index in [1.165, 1.54) is 16.3 Å². The van der Waals surface area contributed by atoms with Crippen LogP contribution in [0.5, 0.6) is 0 Å². The molecule has 1 aliphatic rings. The predicted octanol–water partition coefficient (Wildman–Crippen LogP) is 3.07. The molecular formula is C17H21NO2S. The highest BCUT2D eigenvalue weighted by atomic mass is 32.2. The first-order valence-corrected chi connectivity index (χ1v) is 9.31. The van der Waals surface area contributed by atoms with Gasteiger partial charge >= 0.3 is 0 Å². The molecule has 0 amide bonds. The first kappa shape index (κ1) is 14.5. The molecule has 0 bridgehead atoms. The molecule has 2 aromatic carbocycles. The van der Waals surface area contributed by atoms with Gasteiger partial charge in [-0.05, 0) is 42.2 Å². The van der Waals surface area contributed by atoms with E-state index in [2.05, 4.69) is 42.6 Å². The normalized spacial score (nSPS) is 23.0. The van der Waals surface area contributed by atoms with Crippen LogP contribution in [0.4, 0.5) is 0 Å². The molecule has 1 N–H and O–H groups in total. The molecule has 112 valence electrons. The molecule has 21 heavy (non-hydrogen) atoms. The highest BCUT2D eigenvalue weighted by molar-refractivity contribution is 7.91. The Morgan fingerprint density at radius 3 is 2.67 bits per heavy atom. The maximum atomic E-state index is 11.7. The summed E-state index contributed by atoms with van der Waals surface area (Å²) in [6.45, 7) is 2.10. The molecule has 2 aromatic rings. The van der Waals surface area contributed by atoms with Crippen molar-refractivity contribution in [2.75, 3.05) is 11.5 Å². The third-order valence-electron chi connectivity index (χ3n) is 4.22. The predicted molar refractivity (Wildman–Crippen MR) is 87.2 cm³/mol. The van der Waals surface area contributed by atoms with Crippen LogP contribution in [0.2, 0.25) is 0 Å². The van der Waals surface area contributed by atoms with Gasteiger partial charge in [-0.15, -0.1) is 0 Å². The van der Waals surface area contributed by atoms with E-state index in [0.29, 0.717) is 5.75 Å². The summed E-state index contributed by atoms with van der Waals surface area (Å²) < 4.78 is 23.4. The molecule has 2 atom stereocenters. The summed E-state index contributed by atoms with van der Waals surface area (Å²) in [5.74, 6) is 0.612. The number of fused-ring (bicyclic) bond motifs is 1. The van der Waals surface area contributed by atoms with Crippen molar-refractivity contribution in [1.29, 1.82) is 0 Å². The highest BCUT2D eigenvalue weighted by Gasteiger charge is 2.25. The van der Waals surface area contributed by atoms with Crippen LogP contribution < -0.4 is 5.32 Å². The molecule has 0 spiro atoms. The molecule has 1 heterocycles. The minimum absolute atomic E-state index is 0.0743. The van der Waals surface area contributed by atoms with Crippen LogP contribution in [0.1, 0.15) is 31.4 Å². The first-order chi connectivity index (χ1) is 10.0. The standard InChI is InChI=1S/C17H21NO2S/c1-13(18-17-7-4-10-21(19,20)12-17)15-9-8-14-5-2-3-6-16(14)11-15/h2-3,5-6,8-9,11,13,17-18H,4,7,10,12H2,1H3. The molecular weight excluding hydrogens is 282 g/mol. The molecule has 1 saturated heterocycles. The summed E-state index contributed by atoms with van der Waals surface area (Å²) in [7, 11) is -2.86. The largest absolute Gasteiger partial charge is 0.306 e. The van der Waals surface area contributed by atoms with E-state index in [4.69, 9.17) is 0 Å². The molecule has 3 rings (SSSR count). The lowest BCUT2D eigenvalue weighted by Gasteiger charge is -2.27. The van der Waals surface area contributed by atoms with Gasteiger partial charge in [0.25, 0.3) is 0 Å². The molecule has 0 saturated carbocycles. The van der Waals surface area contributed by atoms with Gasteiger partial charge in [-0.25, -0.2) is 8.42 Å². The summed E-state index contributed by atoms with van der Waals surface area (Å²) in [5.41, 5.74) is 1.21. The van der Waals surface area contributed by atoms with E-state index in [1.54, 1.807) is 0 Å². The number of hydrogen-bond acceptors (Lipinski definition) is 3. The van der Waals surface area contributed by atoms with Crippen molar-refractivity contribution >= 4 is 20.6 Å². The van der Waals surface area contributed by atoms with Gasteiger partial charge in [-0.2, -0.15) is 0 Å². The Labute approximate surface area is 126 Å². The molecule has 2 unspecified atom stereocenters. The monoisotopic (exact) mass is 303 g/mol. The SMILES string of the molecule is CC(NC1CCCS(=O)(=O)C1)c1ccc2ccccc2c1. The number of rotatable bonds is 3. The summed E-state index contributed by atoms with van der Waals surface area (Å²) in [6.07, 6.45) is 1.71. The Kier molecular flexibility index (Phi) is 4.00. The minimum atomic E-state index is -2.86. The van der Waals surface area contributed by atoms with Crippen molar-refractivity contribution in [3.63, 3.8) is 0 Å². The Bertz CT molecular complexity index is 739. The van der Waals surface area contributed by atoms with Gasteiger partial charge in [0, 0.05) is 12.1 Å². The highest BCUT2D eigenvalue weighted by Crippen LogP contribution is 2.22. The van der Waals surface area contributed by atoms with Crippen molar-refractivity contribution in [3.8, 4) is 0 Å². The fourth-order valence-electron chi connectivity index (χ4n) is 3.08. The second-order valence-corrected chi connectivity index (χ2v) is 8.18. The number of hydrogen-bond donors (Lipinski definition) is 1. The molecule has 1 fully saturated rings. The van der Waals surface area contributed by atoms with E-state index in [-0.39, 0.29) is 17.8 Å². The second-order valence-electron chi connectivity index (χ2n) is 5.95. The molecule has 1 aliphatic heterocycles. The lowest BCUT2D eigenvalue weighted by molar-refractivity contribution is 0.437. The zero-order valence-electron chi connectivity index (χ0n) is 12.2. The van der Waals surface area contributed by atoms with E-state index >= 15 is 0 Å². The van der Waals surface area contributed by atoms with Crippen molar-refractivity contribution < 1.29 is 8.42 Å². The van der Waals surface area contributed by atoms with Crippen molar-refractivity contribution in [1.82, 2.24) is 5.32 Å². The van der Waals surface area contributed by atoms with Gasteiger partial charge in [0.1, 0.15) is 0 Å². The second kappa shape index (κ2) is 5.78. The molecule has 3 nitrogen and oxygen atoms in total. The number of nitrogens with one attached hydrogen (secondary N) is 1. The fourth-order valence-corrected chi connectivity index (χ4v) is 4.73. The molecule has 4 heteroatoms. The Hall–Kier alpha value is -1.39. The summed E-state index contributed by atoms with van der Waals surface area (Å²) in [6, 6.07) is 15.0. The van der Waals surface area contributed by atoms with Gasteiger partial charge in [0.2, 0.25) is 0 Å². The van der Waals surface area contributed by atoms with E-state index < -0.39 is 9.84 Å². The maximum absolute atomic E-state index is 11.7. The summed E-state index contributed by atoms with van der Waals surface area (Å²) in [4.78, 5) is 0. The van der Waals surface area contributed by atoms with Crippen LogP contribution >= 0.6 is 0 Å². The quantitative estimate of drug-likeness (QED) is 0.948. The van der Waals surface area contributed by atoms with Crippen LogP contribution in [0.25, 0.3) is 10.8 Å². The minimum Gasteiger partial charge on any atom is -0.306 e. The smallest absolute Gasteiger partial charge is 0.151 e. The van der Waals surface area contributed by atoms with Gasteiger partial charge in [-0.1, -0.05) is 36.4 Å². The Balaban J connectivity index is 1.76. The van der Waals surface area contributed by atoms with Crippen LogP contribution in [-0.2, 0) is 9.84 Å². The molecule has 0 aromatic heterocycles. The third kappa shape index (κ3) is 3.44. The van der Waals surface area contributed by atoms with Crippen molar-refractivity contribution in [2.45, 2.75) is 31.8 Å². The van der Waals surface area contributed by atoms with Gasteiger partial charge < -0.3 is 5.32 Å². The van der Waals surface area contributed by atoms with Crippen LogP contribution in [0, 0.1) is 0 Å². The number of benzene rings is 2. The van der Waals surface area contributed by atoms with Crippen molar-refractivity contribution in [3.05, 3.63) is 48.0 Å².